The van der Waals surface area contributed by atoms with Crippen molar-refractivity contribution in [2.45, 2.75) is 64.5 Å². The highest BCUT2D eigenvalue weighted by atomic mass is 16.5. The van der Waals surface area contributed by atoms with Crippen LogP contribution in [0.3, 0.4) is 0 Å². The van der Waals surface area contributed by atoms with E-state index >= 15 is 0 Å². The zero-order valence-electron chi connectivity index (χ0n) is 14.9. The molecule has 134 valence electrons. The van der Waals surface area contributed by atoms with Crippen molar-refractivity contribution >= 4 is 5.91 Å². The first-order valence-corrected chi connectivity index (χ1v) is 9.06. The number of aromatic amines is 1. The predicted molar refractivity (Wildman–Crippen MR) is 93.3 cm³/mol. The van der Waals surface area contributed by atoms with Crippen LogP contribution in [-0.2, 0) is 16.0 Å². The summed E-state index contributed by atoms with van der Waals surface area (Å²) in [5.74, 6) is 0.142. The van der Waals surface area contributed by atoms with Crippen LogP contribution in [0.15, 0.2) is 4.79 Å². The monoisotopic (exact) mass is 343 g/mol. The van der Waals surface area contributed by atoms with E-state index < -0.39 is 0 Å². The number of hydrogen-bond donors (Lipinski definition) is 1. The van der Waals surface area contributed by atoms with Crippen LogP contribution in [0.5, 0.6) is 0 Å². The lowest BCUT2D eigenvalue weighted by Crippen LogP contribution is -2.54. The first kappa shape index (κ1) is 17.7. The zero-order chi connectivity index (χ0) is 18.0. The van der Waals surface area contributed by atoms with E-state index in [4.69, 9.17) is 10.00 Å². The second-order valence-corrected chi connectivity index (χ2v) is 7.02. The average Bonchev–Trinajstić information content (AvgIpc) is 2.61. The molecule has 1 aromatic heterocycles. The Kier molecular flexibility index (Phi) is 5.24. The molecule has 2 fully saturated rings. The fourth-order valence-corrected chi connectivity index (χ4v) is 4.20. The Morgan fingerprint density at radius 2 is 2.12 bits per heavy atom. The van der Waals surface area contributed by atoms with Crippen LogP contribution >= 0.6 is 0 Å². The molecular formula is C19H25N3O3. The highest BCUT2D eigenvalue weighted by Crippen LogP contribution is 2.29. The molecule has 0 bridgehead atoms. The number of hydrogen-bond acceptors (Lipinski definition) is 4. The third-order valence-corrected chi connectivity index (χ3v) is 5.56. The fraction of sp³-hybridized carbons (Fsp3) is 0.632. The third kappa shape index (κ3) is 3.47. The molecule has 6 heteroatoms. The number of rotatable bonds is 3. The highest BCUT2D eigenvalue weighted by molar-refractivity contribution is 5.77. The van der Waals surface area contributed by atoms with Crippen molar-refractivity contribution in [3.63, 3.8) is 0 Å². The second-order valence-electron chi connectivity index (χ2n) is 7.02. The van der Waals surface area contributed by atoms with Crippen LogP contribution in [0.1, 0.15) is 54.5 Å². The summed E-state index contributed by atoms with van der Waals surface area (Å²) in [6.07, 6.45) is 5.50. The van der Waals surface area contributed by atoms with E-state index in [0.717, 1.165) is 30.5 Å². The standard InChI is InChI=1S/C19H25N3O3/c1-12-14(13(2)21-19(24)15(12)11-20)7-8-18(23)22-9-10-25-17-6-4-3-5-16(17)22/h16-17H,3-10H2,1-2H3,(H,21,24)/t16-,17-/m0/s1. The lowest BCUT2D eigenvalue weighted by Gasteiger charge is -2.43. The van der Waals surface area contributed by atoms with Crippen LogP contribution in [-0.4, -0.2) is 41.1 Å². The number of amides is 1. The van der Waals surface area contributed by atoms with Gasteiger partial charge in [-0.3, -0.25) is 9.59 Å². The average molecular weight is 343 g/mol. The molecule has 6 nitrogen and oxygen atoms in total. The Hall–Kier alpha value is -2.13. The van der Waals surface area contributed by atoms with Crippen molar-refractivity contribution in [3.8, 4) is 6.07 Å². The van der Waals surface area contributed by atoms with E-state index in [-0.39, 0.29) is 29.2 Å². The SMILES string of the molecule is Cc1[nH]c(=O)c(C#N)c(C)c1CCC(=O)N1CCO[C@H]2CCCC[C@@H]21. The number of pyridine rings is 1. The van der Waals surface area contributed by atoms with Gasteiger partial charge in [0, 0.05) is 18.7 Å². The maximum atomic E-state index is 12.8. The van der Waals surface area contributed by atoms with Gasteiger partial charge in [-0.2, -0.15) is 5.26 Å². The van der Waals surface area contributed by atoms with Crippen molar-refractivity contribution < 1.29 is 9.53 Å². The molecule has 0 unspecified atom stereocenters. The number of carbonyl (C=O) groups excluding carboxylic acids is 1. The van der Waals surface area contributed by atoms with Gasteiger partial charge < -0.3 is 14.6 Å². The summed E-state index contributed by atoms with van der Waals surface area (Å²) in [7, 11) is 0. The van der Waals surface area contributed by atoms with Crippen molar-refractivity contribution in [3.05, 3.63) is 32.7 Å². The van der Waals surface area contributed by atoms with E-state index in [2.05, 4.69) is 4.98 Å². The quantitative estimate of drug-likeness (QED) is 0.909. The van der Waals surface area contributed by atoms with Gasteiger partial charge in [-0.05, 0) is 44.2 Å². The topological polar surface area (TPSA) is 86.2 Å². The molecule has 25 heavy (non-hydrogen) atoms. The molecule has 1 amide bonds. The normalized spacial score (nSPS) is 23.0. The van der Waals surface area contributed by atoms with E-state index in [1.54, 1.807) is 6.92 Å². The number of morpholine rings is 1. The van der Waals surface area contributed by atoms with Gasteiger partial charge in [-0.25, -0.2) is 0 Å². The second kappa shape index (κ2) is 7.40. The molecule has 2 aliphatic rings. The van der Waals surface area contributed by atoms with Crippen molar-refractivity contribution in [2.24, 2.45) is 0 Å². The molecule has 2 atom stereocenters. The molecule has 0 radical (unpaired) electrons. The fourth-order valence-electron chi connectivity index (χ4n) is 4.20. The largest absolute Gasteiger partial charge is 0.374 e. The summed E-state index contributed by atoms with van der Waals surface area (Å²) in [5, 5.41) is 9.17. The number of ether oxygens (including phenoxy) is 1. The van der Waals surface area contributed by atoms with Crippen LogP contribution in [0.2, 0.25) is 0 Å². The molecule has 1 aliphatic carbocycles. The van der Waals surface area contributed by atoms with Crippen LogP contribution in [0, 0.1) is 25.2 Å². The van der Waals surface area contributed by atoms with Crippen LogP contribution in [0.4, 0.5) is 0 Å². The molecule has 2 heterocycles. The van der Waals surface area contributed by atoms with Gasteiger partial charge in [0.15, 0.2) is 0 Å². The summed E-state index contributed by atoms with van der Waals surface area (Å²) in [6.45, 7) is 4.88. The molecule has 0 aromatic carbocycles. The van der Waals surface area contributed by atoms with Crippen molar-refractivity contribution in [1.82, 2.24) is 9.88 Å². The van der Waals surface area contributed by atoms with Crippen LogP contribution < -0.4 is 5.56 Å². The smallest absolute Gasteiger partial charge is 0.266 e. The lowest BCUT2D eigenvalue weighted by molar-refractivity contribution is -0.149. The van der Waals surface area contributed by atoms with Gasteiger partial charge in [0.1, 0.15) is 11.6 Å². The molecule has 1 aliphatic heterocycles. The Bertz CT molecular complexity index is 760. The van der Waals surface area contributed by atoms with Crippen molar-refractivity contribution in [2.75, 3.05) is 13.2 Å². The Labute approximate surface area is 147 Å². The molecule has 3 rings (SSSR count). The van der Waals surface area contributed by atoms with Gasteiger partial charge in [-0.15, -0.1) is 0 Å². The first-order chi connectivity index (χ1) is 12.0. The number of H-pyrrole nitrogens is 1. The molecule has 0 spiro atoms. The van der Waals surface area contributed by atoms with Gasteiger partial charge in [-0.1, -0.05) is 12.8 Å². The van der Waals surface area contributed by atoms with Gasteiger partial charge >= 0.3 is 0 Å². The summed E-state index contributed by atoms with van der Waals surface area (Å²) in [6, 6.07) is 2.17. The number of aryl methyl sites for hydroxylation is 1. The summed E-state index contributed by atoms with van der Waals surface area (Å²) >= 11 is 0. The molecular weight excluding hydrogens is 318 g/mol. The minimum Gasteiger partial charge on any atom is -0.374 e. The Balaban J connectivity index is 1.72. The number of carbonyl (C=O) groups is 1. The summed E-state index contributed by atoms with van der Waals surface area (Å²) < 4.78 is 5.84. The zero-order valence-corrected chi connectivity index (χ0v) is 14.9. The van der Waals surface area contributed by atoms with E-state index in [0.29, 0.717) is 31.6 Å². The number of nitriles is 1. The summed E-state index contributed by atoms with van der Waals surface area (Å²) in [5.41, 5.74) is 2.12. The number of fused-ring (bicyclic) bond motifs is 1. The highest BCUT2D eigenvalue weighted by Gasteiger charge is 2.36. The molecule has 1 saturated heterocycles. The number of nitrogens with zero attached hydrogens (tertiary/aromatic N) is 2. The summed E-state index contributed by atoms with van der Waals surface area (Å²) in [4.78, 5) is 29.3. The van der Waals surface area contributed by atoms with E-state index in [9.17, 15) is 9.59 Å². The van der Waals surface area contributed by atoms with Gasteiger partial charge in [0.2, 0.25) is 5.91 Å². The van der Waals surface area contributed by atoms with Gasteiger partial charge in [0.25, 0.3) is 5.56 Å². The first-order valence-electron chi connectivity index (χ1n) is 9.06. The minimum atomic E-state index is -0.356. The third-order valence-electron chi connectivity index (χ3n) is 5.56. The minimum absolute atomic E-state index is 0.142. The van der Waals surface area contributed by atoms with E-state index in [1.807, 2.05) is 17.9 Å². The van der Waals surface area contributed by atoms with Gasteiger partial charge in [0.05, 0.1) is 18.8 Å². The molecule has 1 N–H and O–H groups in total. The number of nitrogens with one attached hydrogen (secondary N) is 1. The Morgan fingerprint density at radius 3 is 2.88 bits per heavy atom. The predicted octanol–water partition coefficient (Wildman–Crippen LogP) is 1.97. The number of aromatic nitrogens is 1. The molecule has 1 aromatic rings. The van der Waals surface area contributed by atoms with Crippen LogP contribution in [0.25, 0.3) is 0 Å². The van der Waals surface area contributed by atoms with E-state index in [1.165, 1.54) is 6.42 Å². The maximum Gasteiger partial charge on any atom is 0.266 e. The molecule has 1 saturated carbocycles. The Morgan fingerprint density at radius 1 is 1.36 bits per heavy atom. The van der Waals surface area contributed by atoms with Crippen molar-refractivity contribution in [1.29, 1.82) is 5.26 Å². The maximum absolute atomic E-state index is 12.8. The lowest BCUT2D eigenvalue weighted by atomic mass is 9.89.